The molecule has 0 saturated heterocycles. The van der Waals surface area contributed by atoms with Gasteiger partial charge in [0.25, 0.3) is 0 Å². The number of anilines is 1. The maximum atomic E-state index is 8.87. The van der Waals surface area contributed by atoms with Crippen LogP contribution in [0.5, 0.6) is 0 Å². The molecule has 0 aliphatic rings. The highest BCUT2D eigenvalue weighted by Gasteiger charge is 2.06. The lowest BCUT2D eigenvalue weighted by Crippen LogP contribution is -2.13. The zero-order valence-corrected chi connectivity index (χ0v) is 11.9. The summed E-state index contributed by atoms with van der Waals surface area (Å²) < 4.78 is 0. The maximum Gasteiger partial charge on any atom is 0.149 e. The van der Waals surface area contributed by atoms with Gasteiger partial charge in [0.1, 0.15) is 28.7 Å². The minimum Gasteiger partial charge on any atom is -0.379 e. The number of hydrazone groups is 1. The molecule has 0 atom stereocenters. The summed E-state index contributed by atoms with van der Waals surface area (Å²) in [6.45, 7) is 0. The van der Waals surface area contributed by atoms with Crippen LogP contribution in [0, 0.1) is 22.7 Å². The van der Waals surface area contributed by atoms with E-state index in [0.29, 0.717) is 23.1 Å². The van der Waals surface area contributed by atoms with Crippen LogP contribution in [0.25, 0.3) is 0 Å². The van der Waals surface area contributed by atoms with Crippen molar-refractivity contribution in [3.05, 3.63) is 34.6 Å². The normalized spacial score (nSPS) is 9.65. The zero-order valence-electron chi connectivity index (χ0n) is 11.1. The second-order valence-corrected chi connectivity index (χ2v) is 4.30. The van der Waals surface area contributed by atoms with E-state index in [9.17, 15) is 0 Å². The molecule has 1 aromatic rings. The fraction of sp³-hybridized carbons (Fsp3) is 0.231. The predicted octanol–water partition coefficient (Wildman–Crippen LogP) is 2.39. The largest absolute Gasteiger partial charge is 0.379 e. The third-order valence-corrected chi connectivity index (χ3v) is 2.53. The van der Waals surface area contributed by atoms with Crippen LogP contribution in [-0.4, -0.2) is 30.2 Å². The number of rotatable bonds is 5. The number of nitrogens with one attached hydrogen (secondary N) is 1. The molecule has 0 amide bonds. The van der Waals surface area contributed by atoms with Gasteiger partial charge in [-0.3, -0.25) is 5.43 Å². The molecular weight excluding hydrogens is 276 g/mol. The number of nitrogens with zero attached hydrogens (tertiary/aromatic N) is 5. The molecule has 102 valence electrons. The Hall–Kier alpha value is -2.57. The molecule has 7 heteroatoms. The van der Waals surface area contributed by atoms with Crippen molar-refractivity contribution in [2.45, 2.75) is 6.42 Å². The van der Waals surface area contributed by atoms with Crippen LogP contribution in [0.2, 0.25) is 5.15 Å². The van der Waals surface area contributed by atoms with E-state index in [1.165, 1.54) is 0 Å². The fourth-order valence-corrected chi connectivity index (χ4v) is 1.54. The van der Waals surface area contributed by atoms with Crippen LogP contribution in [0.15, 0.2) is 34.6 Å². The van der Waals surface area contributed by atoms with Gasteiger partial charge < -0.3 is 4.90 Å². The van der Waals surface area contributed by atoms with E-state index in [2.05, 4.69) is 15.5 Å². The summed E-state index contributed by atoms with van der Waals surface area (Å²) >= 11 is 5.74. The first-order chi connectivity index (χ1) is 9.58. The maximum absolute atomic E-state index is 8.87. The average molecular weight is 289 g/mol. The van der Waals surface area contributed by atoms with Crippen molar-refractivity contribution in [3.8, 4) is 12.1 Å². The number of aromatic nitrogens is 1. The van der Waals surface area contributed by atoms with Crippen molar-refractivity contribution < 1.29 is 0 Å². The van der Waals surface area contributed by atoms with Gasteiger partial charge in [-0.25, -0.2) is 4.98 Å². The van der Waals surface area contributed by atoms with Crippen LogP contribution in [-0.2, 0) is 0 Å². The smallest absolute Gasteiger partial charge is 0.149 e. The van der Waals surface area contributed by atoms with Gasteiger partial charge in [-0.1, -0.05) is 17.7 Å². The summed E-state index contributed by atoms with van der Waals surface area (Å²) in [6, 6.07) is 8.87. The Balaban J connectivity index is 2.70. The zero-order chi connectivity index (χ0) is 15.0. The lowest BCUT2D eigenvalue weighted by Gasteiger charge is -2.15. The first kappa shape index (κ1) is 15.5. The van der Waals surface area contributed by atoms with E-state index in [1.54, 1.807) is 43.4 Å². The summed E-state index contributed by atoms with van der Waals surface area (Å²) in [7, 11) is 3.54. The first-order valence-electron chi connectivity index (χ1n) is 5.69. The lowest BCUT2D eigenvalue weighted by atomic mass is 10.2. The van der Waals surface area contributed by atoms with Crippen molar-refractivity contribution in [2.75, 3.05) is 19.5 Å². The van der Waals surface area contributed by atoms with Crippen LogP contribution >= 0.6 is 11.6 Å². The Bertz CT molecular complexity index is 590. The molecule has 0 aliphatic heterocycles. The molecule has 0 saturated carbocycles. The molecule has 0 aromatic carbocycles. The SMILES string of the molecule is CN(C)C(CC=NNc1cccc(Cl)n1)=C(C#N)C#N. The standard InChI is InChI=1S/C13H13ClN6/c1-20(2)11(10(8-15)9-16)6-7-17-19-13-5-3-4-12(14)18-13/h3-5,7H,6H2,1-2H3,(H,18,19). The minimum atomic E-state index is 0.0716. The molecule has 0 bridgehead atoms. The van der Waals surface area contributed by atoms with E-state index in [-0.39, 0.29) is 5.57 Å². The molecular formula is C13H13ClN6. The number of halogens is 1. The molecule has 6 nitrogen and oxygen atoms in total. The van der Waals surface area contributed by atoms with E-state index in [1.807, 2.05) is 12.1 Å². The first-order valence-corrected chi connectivity index (χ1v) is 6.07. The molecule has 1 aromatic heterocycles. The molecule has 1 rings (SSSR count). The number of pyridine rings is 1. The van der Waals surface area contributed by atoms with E-state index < -0.39 is 0 Å². The Kier molecular flexibility index (Phi) is 6.02. The van der Waals surface area contributed by atoms with Crippen LogP contribution in [0.3, 0.4) is 0 Å². The van der Waals surface area contributed by atoms with Gasteiger partial charge >= 0.3 is 0 Å². The summed E-state index contributed by atoms with van der Waals surface area (Å²) in [5.41, 5.74) is 3.39. The second-order valence-electron chi connectivity index (χ2n) is 3.91. The molecule has 0 fully saturated rings. The Labute approximate surface area is 122 Å². The quantitative estimate of drug-likeness (QED) is 0.389. The van der Waals surface area contributed by atoms with Crippen LogP contribution in [0.4, 0.5) is 5.82 Å². The van der Waals surface area contributed by atoms with E-state index in [4.69, 9.17) is 22.1 Å². The fourth-order valence-electron chi connectivity index (χ4n) is 1.38. The van der Waals surface area contributed by atoms with E-state index >= 15 is 0 Å². The second kappa shape index (κ2) is 7.78. The average Bonchev–Trinajstić information content (AvgIpc) is 2.42. The number of nitriles is 2. The monoisotopic (exact) mass is 288 g/mol. The van der Waals surface area contributed by atoms with E-state index in [0.717, 1.165) is 0 Å². The summed E-state index contributed by atoms with van der Waals surface area (Å²) in [6.07, 6.45) is 1.92. The summed E-state index contributed by atoms with van der Waals surface area (Å²) in [5.74, 6) is 0.518. The highest BCUT2D eigenvalue weighted by molar-refractivity contribution is 6.29. The molecule has 0 aliphatic carbocycles. The lowest BCUT2D eigenvalue weighted by molar-refractivity contribution is 0.503. The predicted molar refractivity (Wildman–Crippen MR) is 77.9 cm³/mol. The summed E-state index contributed by atoms with van der Waals surface area (Å²) in [4.78, 5) is 5.72. The molecule has 1 heterocycles. The number of hydrogen-bond acceptors (Lipinski definition) is 6. The minimum absolute atomic E-state index is 0.0716. The highest BCUT2D eigenvalue weighted by atomic mass is 35.5. The molecule has 0 unspecified atom stereocenters. The number of hydrogen-bond donors (Lipinski definition) is 1. The van der Waals surface area contributed by atoms with Crippen molar-refractivity contribution >= 4 is 23.6 Å². The third-order valence-electron chi connectivity index (χ3n) is 2.32. The molecule has 0 spiro atoms. The van der Waals surface area contributed by atoms with Crippen molar-refractivity contribution in [2.24, 2.45) is 5.10 Å². The molecule has 20 heavy (non-hydrogen) atoms. The Morgan fingerprint density at radius 2 is 2.15 bits per heavy atom. The van der Waals surface area contributed by atoms with Gasteiger partial charge in [0.15, 0.2) is 0 Å². The van der Waals surface area contributed by atoms with Crippen molar-refractivity contribution in [3.63, 3.8) is 0 Å². The van der Waals surface area contributed by atoms with Gasteiger partial charge in [0.2, 0.25) is 0 Å². The van der Waals surface area contributed by atoms with Gasteiger partial charge in [0, 0.05) is 32.4 Å². The topological polar surface area (TPSA) is 88.1 Å². The van der Waals surface area contributed by atoms with Crippen molar-refractivity contribution in [1.29, 1.82) is 10.5 Å². The van der Waals surface area contributed by atoms with Gasteiger partial charge in [-0.05, 0) is 12.1 Å². The Morgan fingerprint density at radius 1 is 1.45 bits per heavy atom. The van der Waals surface area contributed by atoms with Gasteiger partial charge in [0.05, 0.1) is 0 Å². The Morgan fingerprint density at radius 3 is 2.70 bits per heavy atom. The third kappa shape index (κ3) is 4.60. The number of allylic oxidation sites excluding steroid dienone is 2. The van der Waals surface area contributed by atoms with Crippen LogP contribution < -0.4 is 5.43 Å². The molecule has 1 N–H and O–H groups in total. The van der Waals surface area contributed by atoms with Gasteiger partial charge in [-0.15, -0.1) is 0 Å². The highest BCUT2D eigenvalue weighted by Crippen LogP contribution is 2.10. The molecule has 0 radical (unpaired) electrons. The van der Waals surface area contributed by atoms with Crippen molar-refractivity contribution in [1.82, 2.24) is 9.88 Å². The summed E-state index contributed by atoms with van der Waals surface area (Å²) in [5, 5.41) is 22.1. The van der Waals surface area contributed by atoms with Crippen LogP contribution in [0.1, 0.15) is 6.42 Å². The van der Waals surface area contributed by atoms with Gasteiger partial charge in [-0.2, -0.15) is 15.6 Å².